The molecule has 2 N–H and O–H groups in total. The summed E-state index contributed by atoms with van der Waals surface area (Å²) in [5, 5.41) is 0. The molecule has 11 nitrogen and oxygen atoms in total. The van der Waals surface area contributed by atoms with E-state index in [1.807, 2.05) is 19.1 Å². The number of primary amides is 1. The van der Waals surface area contributed by atoms with Gasteiger partial charge in [-0.15, -0.1) is 0 Å². The van der Waals surface area contributed by atoms with Crippen molar-refractivity contribution in [1.82, 2.24) is 4.90 Å². The number of nitrogens with zero attached hydrogens (tertiary/aromatic N) is 3. The van der Waals surface area contributed by atoms with Crippen LogP contribution in [0.3, 0.4) is 0 Å². The number of carbonyl (C=O) groups is 4. The summed E-state index contributed by atoms with van der Waals surface area (Å²) in [7, 11) is 0. The molecule has 2 aliphatic heterocycles. The number of fused-ring (bicyclic) bond motifs is 1. The number of nitrogens with two attached hydrogens (primary N) is 1. The number of likely N-dealkylation sites (tertiary alicyclic amines) is 1. The number of piperidine rings is 1. The van der Waals surface area contributed by atoms with E-state index in [1.54, 1.807) is 50.5 Å². The number of hydrogen-bond donors (Lipinski definition) is 1. The Morgan fingerprint density at radius 3 is 2.42 bits per heavy atom. The first kappa shape index (κ1) is 29.6. The number of carbonyl (C=O) groups excluding carboxylic acids is 4. The molecule has 11 heteroatoms. The third-order valence-corrected chi connectivity index (χ3v) is 7.30. The molecule has 1 aromatic carbocycles. The average molecular weight is 559 g/mol. The van der Waals surface area contributed by atoms with Crippen LogP contribution in [0.1, 0.15) is 60.8 Å². The van der Waals surface area contributed by atoms with E-state index in [2.05, 4.69) is 0 Å². The quantitative estimate of drug-likeness (QED) is 0.485. The SMILES string of the molecule is CCOCCN1C(=O)C(C)(C)Oc2ccc(N(C(=O)[C@@H]3C[C@H](C(N)=O)CN(C(=O)OC(C)(C)C)C3)C3CC3)cc21. The first-order valence-electron chi connectivity index (χ1n) is 14.0. The van der Waals surface area contributed by atoms with Crippen molar-refractivity contribution in [1.29, 1.82) is 0 Å². The van der Waals surface area contributed by atoms with Crippen LogP contribution in [0.4, 0.5) is 16.2 Å². The summed E-state index contributed by atoms with van der Waals surface area (Å²) in [4.78, 5) is 57.3. The first-order chi connectivity index (χ1) is 18.7. The van der Waals surface area contributed by atoms with Gasteiger partial charge >= 0.3 is 6.09 Å². The highest BCUT2D eigenvalue weighted by Crippen LogP contribution is 2.43. The molecule has 3 aliphatic rings. The Balaban J connectivity index is 1.63. The molecule has 0 aromatic heterocycles. The normalized spacial score (nSPS) is 22.3. The number of rotatable bonds is 8. The molecule has 2 heterocycles. The number of benzene rings is 1. The molecule has 40 heavy (non-hydrogen) atoms. The topological polar surface area (TPSA) is 132 Å². The van der Waals surface area contributed by atoms with Gasteiger partial charge in [0.25, 0.3) is 5.91 Å². The molecule has 0 bridgehead atoms. The minimum absolute atomic E-state index is 0.0111. The van der Waals surface area contributed by atoms with Gasteiger partial charge in [-0.2, -0.15) is 0 Å². The van der Waals surface area contributed by atoms with Crippen LogP contribution in [0.5, 0.6) is 5.75 Å². The Bertz CT molecular complexity index is 1160. The van der Waals surface area contributed by atoms with Gasteiger partial charge in [0.05, 0.1) is 24.1 Å². The standard InChI is InChI=1S/C29H42N4O7/c1-7-38-13-12-32-22-15-21(10-11-23(22)39-29(5,6)26(32)36)33(20-8-9-20)25(35)19-14-18(24(30)34)16-31(17-19)27(37)40-28(2,3)4/h10-11,15,18-20H,7-9,12-14,16-17H2,1-6H3,(H2,30,34)/t18-,19+/m0/s1. The molecule has 1 aromatic rings. The summed E-state index contributed by atoms with van der Waals surface area (Å²) < 4.78 is 17.1. The van der Waals surface area contributed by atoms with Gasteiger partial charge in [-0.25, -0.2) is 4.79 Å². The Labute approximate surface area is 235 Å². The molecule has 2 fully saturated rings. The van der Waals surface area contributed by atoms with Crippen molar-refractivity contribution in [3.05, 3.63) is 18.2 Å². The van der Waals surface area contributed by atoms with E-state index in [-0.39, 0.29) is 37.4 Å². The number of amides is 4. The fourth-order valence-corrected chi connectivity index (χ4v) is 5.24. The smallest absolute Gasteiger partial charge is 0.410 e. The summed E-state index contributed by atoms with van der Waals surface area (Å²) in [6.07, 6.45) is 1.34. The van der Waals surface area contributed by atoms with Gasteiger partial charge in [0, 0.05) is 38.0 Å². The first-order valence-corrected chi connectivity index (χ1v) is 14.0. The van der Waals surface area contributed by atoms with Crippen molar-refractivity contribution in [2.75, 3.05) is 42.6 Å². The third-order valence-electron chi connectivity index (χ3n) is 7.30. The van der Waals surface area contributed by atoms with Crippen LogP contribution >= 0.6 is 0 Å². The van der Waals surface area contributed by atoms with Crippen LogP contribution in [-0.2, 0) is 23.9 Å². The molecule has 0 unspecified atom stereocenters. The summed E-state index contributed by atoms with van der Waals surface area (Å²) in [5.41, 5.74) is 5.10. The third kappa shape index (κ3) is 6.51. The predicted molar refractivity (Wildman–Crippen MR) is 149 cm³/mol. The maximum absolute atomic E-state index is 14.1. The second-order valence-corrected chi connectivity index (χ2v) is 12.3. The minimum atomic E-state index is -1.04. The maximum Gasteiger partial charge on any atom is 0.410 e. The highest BCUT2D eigenvalue weighted by Gasteiger charge is 2.45. The molecular weight excluding hydrogens is 516 g/mol. The van der Waals surface area contributed by atoms with Crippen molar-refractivity contribution >= 4 is 35.2 Å². The minimum Gasteiger partial charge on any atom is -0.476 e. The van der Waals surface area contributed by atoms with Crippen molar-refractivity contribution in [3.8, 4) is 5.75 Å². The van der Waals surface area contributed by atoms with E-state index in [0.717, 1.165) is 12.8 Å². The van der Waals surface area contributed by atoms with Gasteiger partial charge < -0.3 is 34.6 Å². The second kappa shape index (κ2) is 11.3. The van der Waals surface area contributed by atoms with Crippen molar-refractivity contribution < 1.29 is 33.4 Å². The highest BCUT2D eigenvalue weighted by molar-refractivity contribution is 6.04. The summed E-state index contributed by atoms with van der Waals surface area (Å²) in [6.45, 7) is 12.1. The van der Waals surface area contributed by atoms with Crippen molar-refractivity contribution in [2.24, 2.45) is 17.6 Å². The summed E-state index contributed by atoms with van der Waals surface area (Å²) in [5.74, 6) is -1.68. The van der Waals surface area contributed by atoms with E-state index in [4.69, 9.17) is 19.9 Å². The van der Waals surface area contributed by atoms with E-state index < -0.39 is 35.0 Å². The van der Waals surface area contributed by atoms with E-state index in [0.29, 0.717) is 36.9 Å². The molecule has 0 radical (unpaired) electrons. The Hall–Kier alpha value is -3.34. The van der Waals surface area contributed by atoms with Gasteiger partial charge in [0.2, 0.25) is 11.8 Å². The fraction of sp³-hybridized carbons (Fsp3) is 0.655. The zero-order valence-corrected chi connectivity index (χ0v) is 24.4. The lowest BCUT2D eigenvalue weighted by molar-refractivity contribution is -0.133. The van der Waals surface area contributed by atoms with Crippen LogP contribution in [-0.4, -0.2) is 78.8 Å². The molecule has 220 valence electrons. The lowest BCUT2D eigenvalue weighted by Gasteiger charge is -2.40. The largest absolute Gasteiger partial charge is 0.476 e. The van der Waals surface area contributed by atoms with Gasteiger partial charge in [-0.05, 0) is 79.0 Å². The van der Waals surface area contributed by atoms with Crippen LogP contribution in [0.2, 0.25) is 0 Å². The van der Waals surface area contributed by atoms with Crippen LogP contribution in [0.15, 0.2) is 18.2 Å². The number of hydrogen-bond acceptors (Lipinski definition) is 7. The Kier molecular flexibility index (Phi) is 8.35. The second-order valence-electron chi connectivity index (χ2n) is 12.3. The maximum atomic E-state index is 14.1. The molecular formula is C29H42N4O7. The number of ether oxygens (including phenoxy) is 3. The zero-order chi connectivity index (χ0) is 29.4. The summed E-state index contributed by atoms with van der Waals surface area (Å²) in [6, 6.07) is 5.41. The Morgan fingerprint density at radius 2 is 1.82 bits per heavy atom. The molecule has 1 aliphatic carbocycles. The van der Waals surface area contributed by atoms with Crippen LogP contribution < -0.4 is 20.3 Å². The van der Waals surface area contributed by atoms with Gasteiger partial charge in [-0.3, -0.25) is 14.4 Å². The molecule has 1 saturated carbocycles. The number of anilines is 2. The monoisotopic (exact) mass is 558 g/mol. The molecule has 4 rings (SSSR count). The van der Waals surface area contributed by atoms with E-state index in [1.165, 1.54) is 4.90 Å². The van der Waals surface area contributed by atoms with Crippen molar-refractivity contribution in [2.45, 2.75) is 78.0 Å². The highest BCUT2D eigenvalue weighted by atomic mass is 16.6. The molecule has 0 spiro atoms. The predicted octanol–water partition coefficient (Wildman–Crippen LogP) is 3.08. The van der Waals surface area contributed by atoms with E-state index in [9.17, 15) is 19.2 Å². The Morgan fingerprint density at radius 1 is 1.15 bits per heavy atom. The van der Waals surface area contributed by atoms with Crippen LogP contribution in [0.25, 0.3) is 0 Å². The summed E-state index contributed by atoms with van der Waals surface area (Å²) >= 11 is 0. The average Bonchev–Trinajstić information content (AvgIpc) is 3.70. The van der Waals surface area contributed by atoms with Gasteiger partial charge in [0.15, 0.2) is 5.60 Å². The molecule has 1 saturated heterocycles. The van der Waals surface area contributed by atoms with Gasteiger partial charge in [0.1, 0.15) is 11.4 Å². The lowest BCUT2D eigenvalue weighted by atomic mass is 9.87. The lowest BCUT2D eigenvalue weighted by Crippen LogP contribution is -2.54. The zero-order valence-electron chi connectivity index (χ0n) is 24.4. The molecule has 2 atom stereocenters. The van der Waals surface area contributed by atoms with Crippen LogP contribution in [0, 0.1) is 11.8 Å². The van der Waals surface area contributed by atoms with E-state index >= 15 is 0 Å². The van der Waals surface area contributed by atoms with Gasteiger partial charge in [-0.1, -0.05) is 0 Å². The fourth-order valence-electron chi connectivity index (χ4n) is 5.24. The molecule has 4 amide bonds. The van der Waals surface area contributed by atoms with Crippen molar-refractivity contribution in [3.63, 3.8) is 0 Å².